The van der Waals surface area contributed by atoms with E-state index in [1.165, 1.54) is 17.4 Å². The Morgan fingerprint density at radius 2 is 2.10 bits per heavy atom. The van der Waals surface area contributed by atoms with Crippen molar-refractivity contribution in [1.82, 2.24) is 4.72 Å². The number of benzene rings is 1. The van der Waals surface area contributed by atoms with Gasteiger partial charge < -0.3 is 5.11 Å². The third kappa shape index (κ3) is 3.64. The van der Waals surface area contributed by atoms with Crippen molar-refractivity contribution < 1.29 is 17.9 Å². The third-order valence-electron chi connectivity index (χ3n) is 2.55. The fourth-order valence-electron chi connectivity index (χ4n) is 1.60. The van der Waals surface area contributed by atoms with E-state index in [0.29, 0.717) is 0 Å². The molecule has 0 unspecified atom stereocenters. The van der Waals surface area contributed by atoms with Crippen molar-refractivity contribution in [1.29, 1.82) is 0 Å². The molecule has 1 aromatic carbocycles. The summed E-state index contributed by atoms with van der Waals surface area (Å²) in [4.78, 5) is 0.582. The lowest BCUT2D eigenvalue weighted by molar-refractivity contribution is 0.278. The van der Waals surface area contributed by atoms with E-state index in [-0.39, 0.29) is 17.0 Å². The van der Waals surface area contributed by atoms with Gasteiger partial charge in [0.2, 0.25) is 10.0 Å². The Bertz CT molecular complexity index is 715. The van der Waals surface area contributed by atoms with Gasteiger partial charge in [0.1, 0.15) is 5.82 Å². The molecular weight excluding hydrogens is 369 g/mol. The average molecular weight is 380 g/mol. The lowest BCUT2D eigenvalue weighted by atomic mass is 10.2. The Morgan fingerprint density at radius 1 is 1.35 bits per heavy atom. The summed E-state index contributed by atoms with van der Waals surface area (Å²) in [6.45, 7) is -0.360. The van der Waals surface area contributed by atoms with Gasteiger partial charge in [0.05, 0.1) is 11.5 Å². The van der Waals surface area contributed by atoms with Gasteiger partial charge in [0.15, 0.2) is 0 Å². The molecule has 0 fully saturated rings. The molecule has 0 bridgehead atoms. The van der Waals surface area contributed by atoms with Crippen LogP contribution in [0.4, 0.5) is 4.39 Å². The number of sulfonamides is 1. The first-order chi connectivity index (χ1) is 9.42. The van der Waals surface area contributed by atoms with Crippen molar-refractivity contribution in [2.24, 2.45) is 0 Å². The Balaban J connectivity index is 2.24. The predicted molar refractivity (Wildman–Crippen MR) is 78.4 cm³/mol. The highest BCUT2D eigenvalue weighted by Crippen LogP contribution is 2.21. The molecule has 2 rings (SSSR count). The van der Waals surface area contributed by atoms with Crippen LogP contribution in [0.1, 0.15) is 10.4 Å². The monoisotopic (exact) mass is 379 g/mol. The average Bonchev–Trinajstić information content (AvgIpc) is 2.82. The van der Waals surface area contributed by atoms with Crippen LogP contribution in [-0.4, -0.2) is 13.5 Å². The smallest absolute Gasteiger partial charge is 0.241 e. The van der Waals surface area contributed by atoms with E-state index >= 15 is 0 Å². The van der Waals surface area contributed by atoms with Crippen LogP contribution in [0, 0.1) is 5.82 Å². The van der Waals surface area contributed by atoms with Crippen LogP contribution in [0.2, 0.25) is 0 Å². The fraction of sp³-hybridized carbons (Fsp3) is 0.167. The topological polar surface area (TPSA) is 66.4 Å². The van der Waals surface area contributed by atoms with Gasteiger partial charge in [-0.1, -0.05) is 6.07 Å². The molecule has 20 heavy (non-hydrogen) atoms. The van der Waals surface area contributed by atoms with Crippen molar-refractivity contribution >= 4 is 37.3 Å². The number of aliphatic hydroxyl groups is 1. The molecule has 4 nitrogen and oxygen atoms in total. The largest absolute Gasteiger partial charge is 0.392 e. The zero-order valence-corrected chi connectivity index (χ0v) is 13.4. The van der Waals surface area contributed by atoms with E-state index in [4.69, 9.17) is 5.11 Å². The summed E-state index contributed by atoms with van der Waals surface area (Å²) in [6, 6.07) is 5.07. The highest BCUT2D eigenvalue weighted by atomic mass is 79.9. The number of thiophene rings is 1. The summed E-state index contributed by atoms with van der Waals surface area (Å²) in [5.41, 5.74) is 0.159. The Kier molecular flexibility index (Phi) is 4.92. The van der Waals surface area contributed by atoms with Crippen LogP contribution in [0.3, 0.4) is 0 Å². The molecular formula is C12H11BrFNO3S2. The van der Waals surface area contributed by atoms with E-state index in [1.807, 2.05) is 5.38 Å². The molecule has 108 valence electrons. The number of nitrogens with one attached hydrogen (secondary N) is 1. The molecule has 0 aliphatic heterocycles. The van der Waals surface area contributed by atoms with Gasteiger partial charge in [-0.2, -0.15) is 0 Å². The molecule has 0 radical (unpaired) electrons. The van der Waals surface area contributed by atoms with Gasteiger partial charge in [0, 0.05) is 21.3 Å². The quantitative estimate of drug-likeness (QED) is 0.838. The highest BCUT2D eigenvalue weighted by molar-refractivity contribution is 9.10. The molecule has 2 N–H and O–H groups in total. The summed E-state index contributed by atoms with van der Waals surface area (Å²) < 4.78 is 40.8. The summed E-state index contributed by atoms with van der Waals surface area (Å²) >= 11 is 4.68. The number of rotatable bonds is 5. The second-order valence-electron chi connectivity index (χ2n) is 3.97. The van der Waals surface area contributed by atoms with Crippen molar-refractivity contribution in [2.75, 3.05) is 0 Å². The van der Waals surface area contributed by atoms with Crippen molar-refractivity contribution in [2.45, 2.75) is 18.0 Å². The van der Waals surface area contributed by atoms with E-state index in [0.717, 1.165) is 21.5 Å². The standard InChI is InChI=1S/C12H11BrFNO3S2/c13-9-3-11(19-7-9)5-15-20(17,18)12-4-10(14)2-1-8(12)6-16/h1-4,7,15-16H,5-6H2. The third-order valence-corrected chi connectivity index (χ3v) is 5.73. The van der Waals surface area contributed by atoms with E-state index < -0.39 is 22.4 Å². The Labute approximate surface area is 128 Å². The van der Waals surface area contributed by atoms with Crippen LogP contribution in [0.25, 0.3) is 0 Å². The minimum Gasteiger partial charge on any atom is -0.392 e. The fourth-order valence-corrected chi connectivity index (χ4v) is 4.33. The van der Waals surface area contributed by atoms with Crippen molar-refractivity contribution in [3.05, 3.63) is 50.4 Å². The normalized spacial score (nSPS) is 11.8. The molecule has 0 saturated carbocycles. The van der Waals surface area contributed by atoms with E-state index in [9.17, 15) is 12.8 Å². The Morgan fingerprint density at radius 3 is 2.70 bits per heavy atom. The lowest BCUT2D eigenvalue weighted by Crippen LogP contribution is -2.24. The second-order valence-corrected chi connectivity index (χ2v) is 7.61. The number of hydrogen-bond acceptors (Lipinski definition) is 4. The molecule has 2 aromatic rings. The first-order valence-corrected chi connectivity index (χ1v) is 8.70. The van der Waals surface area contributed by atoms with Crippen molar-refractivity contribution in [3.8, 4) is 0 Å². The molecule has 1 aromatic heterocycles. The van der Waals surface area contributed by atoms with Crippen LogP contribution in [-0.2, 0) is 23.2 Å². The Hall–Kier alpha value is -0.800. The zero-order valence-electron chi connectivity index (χ0n) is 10.1. The maximum atomic E-state index is 13.2. The van der Waals surface area contributed by atoms with Gasteiger partial charge in [-0.05, 0) is 39.7 Å². The van der Waals surface area contributed by atoms with Crippen LogP contribution in [0.15, 0.2) is 39.0 Å². The first kappa shape index (κ1) is 15.6. The molecule has 1 heterocycles. The van der Waals surface area contributed by atoms with Gasteiger partial charge in [-0.25, -0.2) is 17.5 Å². The molecule has 0 aliphatic carbocycles. The summed E-state index contributed by atoms with van der Waals surface area (Å²) in [5, 5.41) is 11.0. The SMILES string of the molecule is O=S(=O)(NCc1cc(Br)cs1)c1cc(F)ccc1CO. The molecule has 8 heteroatoms. The van der Waals surface area contributed by atoms with E-state index in [2.05, 4.69) is 20.7 Å². The van der Waals surface area contributed by atoms with Gasteiger partial charge in [0.25, 0.3) is 0 Å². The number of hydrogen-bond donors (Lipinski definition) is 2. The minimum absolute atomic E-state index is 0.111. The number of aliphatic hydroxyl groups excluding tert-OH is 1. The summed E-state index contributed by atoms with van der Waals surface area (Å²) in [7, 11) is -3.87. The number of halogens is 2. The summed E-state index contributed by atoms with van der Waals surface area (Å²) in [6.07, 6.45) is 0. The van der Waals surface area contributed by atoms with Crippen LogP contribution in [0.5, 0.6) is 0 Å². The zero-order chi connectivity index (χ0) is 14.8. The molecule has 0 spiro atoms. The highest BCUT2D eigenvalue weighted by Gasteiger charge is 2.19. The van der Waals surface area contributed by atoms with Crippen LogP contribution >= 0.6 is 27.3 Å². The lowest BCUT2D eigenvalue weighted by Gasteiger charge is -2.09. The maximum absolute atomic E-state index is 13.2. The molecule has 0 amide bonds. The van der Waals surface area contributed by atoms with Crippen molar-refractivity contribution in [3.63, 3.8) is 0 Å². The van der Waals surface area contributed by atoms with Gasteiger partial charge >= 0.3 is 0 Å². The minimum atomic E-state index is -3.87. The van der Waals surface area contributed by atoms with Gasteiger partial charge in [-0.15, -0.1) is 11.3 Å². The first-order valence-electron chi connectivity index (χ1n) is 5.54. The molecule has 0 atom stereocenters. The molecule has 0 saturated heterocycles. The maximum Gasteiger partial charge on any atom is 0.241 e. The van der Waals surface area contributed by atoms with Gasteiger partial charge in [-0.3, -0.25) is 0 Å². The van der Waals surface area contributed by atoms with Crippen LogP contribution < -0.4 is 4.72 Å². The van der Waals surface area contributed by atoms with E-state index in [1.54, 1.807) is 6.07 Å². The second kappa shape index (κ2) is 6.31. The molecule has 0 aliphatic rings. The predicted octanol–water partition coefficient (Wildman–Crippen LogP) is 2.62. The summed E-state index contributed by atoms with van der Waals surface area (Å²) in [5.74, 6) is -0.665.